The number of nitrogens with one attached hydrogen (secondary N) is 2. The molecule has 2 aliphatic rings. The number of ether oxygens (including phenoxy) is 1. The number of hydrogen-bond acceptors (Lipinski definition) is 4. The quantitative estimate of drug-likeness (QED) is 0.464. The fourth-order valence-electron chi connectivity index (χ4n) is 4.01. The first-order valence-electron chi connectivity index (χ1n) is 10.1. The Morgan fingerprint density at radius 1 is 1.23 bits per heavy atom. The molecule has 2 fully saturated rings. The van der Waals surface area contributed by atoms with Gasteiger partial charge in [0.15, 0.2) is 5.96 Å². The van der Waals surface area contributed by atoms with Crippen LogP contribution in [0, 0.1) is 0 Å². The molecule has 0 atom stereocenters. The van der Waals surface area contributed by atoms with Gasteiger partial charge in [-0.1, -0.05) is 19.3 Å². The van der Waals surface area contributed by atoms with Crippen molar-refractivity contribution in [2.75, 3.05) is 33.3 Å². The summed E-state index contributed by atoms with van der Waals surface area (Å²) in [5.41, 5.74) is 0. The van der Waals surface area contributed by atoms with E-state index in [1.165, 1.54) is 58.0 Å². The van der Waals surface area contributed by atoms with Gasteiger partial charge in [0.1, 0.15) is 12.4 Å². The standard InChI is InChI=1S/C20H33N5O/c1-21-20(23-12-15-26-19-8-5-11-22-16-19)24-17-9-13-25(14-10-17)18-6-3-2-4-7-18/h5,8,11,16-18H,2-4,6-7,9-10,12-15H2,1H3,(H2,21,23,24). The third-order valence-electron chi connectivity index (χ3n) is 5.48. The topological polar surface area (TPSA) is 61.8 Å². The third kappa shape index (κ3) is 5.87. The molecule has 6 nitrogen and oxygen atoms in total. The van der Waals surface area contributed by atoms with Crippen LogP contribution in [0.15, 0.2) is 29.5 Å². The Balaban J connectivity index is 1.32. The highest BCUT2D eigenvalue weighted by molar-refractivity contribution is 5.79. The largest absolute Gasteiger partial charge is 0.490 e. The highest BCUT2D eigenvalue weighted by Crippen LogP contribution is 2.25. The Morgan fingerprint density at radius 3 is 2.73 bits per heavy atom. The van der Waals surface area contributed by atoms with Crippen LogP contribution < -0.4 is 15.4 Å². The number of guanidine groups is 1. The predicted octanol–water partition coefficient (Wildman–Crippen LogP) is 2.42. The first-order chi connectivity index (χ1) is 12.8. The van der Waals surface area contributed by atoms with E-state index in [9.17, 15) is 0 Å². The summed E-state index contributed by atoms with van der Waals surface area (Å²) in [7, 11) is 1.83. The SMILES string of the molecule is CN=C(NCCOc1cccnc1)NC1CCN(C2CCCCC2)CC1. The van der Waals surface area contributed by atoms with Crippen LogP contribution in [-0.4, -0.2) is 61.2 Å². The molecule has 1 aliphatic heterocycles. The molecule has 1 aliphatic carbocycles. The molecule has 144 valence electrons. The molecule has 0 bridgehead atoms. The van der Waals surface area contributed by atoms with Gasteiger partial charge in [-0.15, -0.1) is 0 Å². The minimum atomic E-state index is 0.514. The van der Waals surface area contributed by atoms with E-state index in [1.807, 2.05) is 19.2 Å². The number of rotatable bonds is 6. The average molecular weight is 360 g/mol. The van der Waals surface area contributed by atoms with Crippen molar-refractivity contribution in [2.24, 2.45) is 4.99 Å². The zero-order valence-electron chi connectivity index (χ0n) is 16.0. The van der Waals surface area contributed by atoms with Crippen molar-refractivity contribution in [1.29, 1.82) is 0 Å². The van der Waals surface area contributed by atoms with Crippen molar-refractivity contribution in [2.45, 2.75) is 57.0 Å². The van der Waals surface area contributed by atoms with Crippen molar-refractivity contribution in [1.82, 2.24) is 20.5 Å². The van der Waals surface area contributed by atoms with Crippen molar-refractivity contribution in [3.8, 4) is 5.75 Å². The zero-order valence-corrected chi connectivity index (χ0v) is 16.0. The maximum Gasteiger partial charge on any atom is 0.191 e. The zero-order chi connectivity index (χ0) is 18.0. The second kappa shape index (κ2) is 10.4. The van der Waals surface area contributed by atoms with Crippen molar-refractivity contribution >= 4 is 5.96 Å². The summed E-state index contributed by atoms with van der Waals surface area (Å²) in [5.74, 6) is 1.67. The fourth-order valence-corrected chi connectivity index (χ4v) is 4.01. The van der Waals surface area contributed by atoms with Crippen LogP contribution in [0.2, 0.25) is 0 Å². The highest BCUT2D eigenvalue weighted by atomic mass is 16.5. The third-order valence-corrected chi connectivity index (χ3v) is 5.48. The van der Waals surface area contributed by atoms with Crippen molar-refractivity contribution in [3.63, 3.8) is 0 Å². The number of pyridine rings is 1. The number of piperidine rings is 1. The Kier molecular flexibility index (Phi) is 7.55. The van der Waals surface area contributed by atoms with E-state index >= 15 is 0 Å². The van der Waals surface area contributed by atoms with Crippen LogP contribution in [0.1, 0.15) is 44.9 Å². The van der Waals surface area contributed by atoms with Gasteiger partial charge >= 0.3 is 0 Å². The van der Waals surface area contributed by atoms with Crippen molar-refractivity contribution < 1.29 is 4.74 Å². The summed E-state index contributed by atoms with van der Waals surface area (Å²) in [6.07, 6.45) is 12.9. The Hall–Kier alpha value is -1.82. The molecule has 0 radical (unpaired) electrons. The Morgan fingerprint density at radius 2 is 2.04 bits per heavy atom. The number of nitrogens with zero attached hydrogens (tertiary/aromatic N) is 3. The van der Waals surface area contributed by atoms with Crippen LogP contribution in [0.3, 0.4) is 0 Å². The number of hydrogen-bond donors (Lipinski definition) is 2. The van der Waals surface area contributed by atoms with Gasteiger partial charge in [-0.05, 0) is 37.8 Å². The fraction of sp³-hybridized carbons (Fsp3) is 0.700. The summed E-state index contributed by atoms with van der Waals surface area (Å²) in [4.78, 5) is 11.1. The molecule has 1 aromatic rings. The Labute approximate surface area is 157 Å². The lowest BCUT2D eigenvalue weighted by Crippen LogP contribution is -2.51. The predicted molar refractivity (Wildman–Crippen MR) is 106 cm³/mol. The lowest BCUT2D eigenvalue weighted by Gasteiger charge is -2.39. The molecular formula is C20H33N5O. The molecule has 2 N–H and O–H groups in total. The maximum absolute atomic E-state index is 5.66. The highest BCUT2D eigenvalue weighted by Gasteiger charge is 2.26. The van der Waals surface area contributed by atoms with E-state index in [0.29, 0.717) is 12.6 Å². The first kappa shape index (κ1) is 19.0. The van der Waals surface area contributed by atoms with Gasteiger partial charge in [-0.2, -0.15) is 0 Å². The second-order valence-corrected chi connectivity index (χ2v) is 7.28. The smallest absolute Gasteiger partial charge is 0.191 e. The number of aliphatic imine (C=N–C) groups is 1. The van der Waals surface area contributed by atoms with Crippen LogP contribution in [0.5, 0.6) is 5.75 Å². The summed E-state index contributed by atoms with van der Waals surface area (Å²) in [5, 5.41) is 6.91. The molecular weight excluding hydrogens is 326 g/mol. The number of aromatic nitrogens is 1. The normalized spacial score (nSPS) is 20.7. The van der Waals surface area contributed by atoms with E-state index in [0.717, 1.165) is 24.3 Å². The molecule has 3 rings (SSSR count). The van der Waals surface area contributed by atoms with E-state index in [-0.39, 0.29) is 0 Å². The molecule has 26 heavy (non-hydrogen) atoms. The van der Waals surface area contributed by atoms with Gasteiger partial charge in [0.25, 0.3) is 0 Å². The number of likely N-dealkylation sites (tertiary alicyclic amines) is 1. The molecule has 0 unspecified atom stereocenters. The summed E-state index contributed by atoms with van der Waals surface area (Å²) < 4.78 is 5.66. The molecule has 2 heterocycles. The summed E-state index contributed by atoms with van der Waals surface area (Å²) >= 11 is 0. The van der Waals surface area contributed by atoms with E-state index in [1.54, 1.807) is 12.4 Å². The molecule has 1 saturated heterocycles. The maximum atomic E-state index is 5.66. The van der Waals surface area contributed by atoms with Gasteiger partial charge in [-0.3, -0.25) is 9.98 Å². The molecule has 1 aromatic heterocycles. The van der Waals surface area contributed by atoms with E-state index in [2.05, 4.69) is 25.5 Å². The van der Waals surface area contributed by atoms with E-state index in [4.69, 9.17) is 4.74 Å². The first-order valence-corrected chi connectivity index (χ1v) is 10.1. The van der Waals surface area contributed by atoms with Gasteiger partial charge in [0.2, 0.25) is 0 Å². The van der Waals surface area contributed by atoms with Gasteiger partial charge in [0.05, 0.1) is 12.7 Å². The Bertz CT molecular complexity index is 536. The van der Waals surface area contributed by atoms with Gasteiger partial charge < -0.3 is 20.3 Å². The minimum Gasteiger partial charge on any atom is -0.490 e. The lowest BCUT2D eigenvalue weighted by atomic mass is 9.92. The summed E-state index contributed by atoms with van der Waals surface area (Å²) in [6, 6.07) is 5.15. The van der Waals surface area contributed by atoms with Gasteiger partial charge in [0, 0.05) is 38.4 Å². The molecule has 1 saturated carbocycles. The summed E-state index contributed by atoms with van der Waals surface area (Å²) in [6.45, 7) is 3.73. The van der Waals surface area contributed by atoms with Crippen molar-refractivity contribution in [3.05, 3.63) is 24.5 Å². The van der Waals surface area contributed by atoms with Crippen LogP contribution >= 0.6 is 0 Å². The molecule has 0 aromatic carbocycles. The minimum absolute atomic E-state index is 0.514. The average Bonchev–Trinajstić information content (AvgIpc) is 2.72. The molecule has 0 amide bonds. The van der Waals surface area contributed by atoms with Gasteiger partial charge in [-0.25, -0.2) is 0 Å². The lowest BCUT2D eigenvalue weighted by molar-refractivity contribution is 0.119. The molecule has 0 spiro atoms. The van der Waals surface area contributed by atoms with Crippen LogP contribution in [0.4, 0.5) is 0 Å². The monoisotopic (exact) mass is 359 g/mol. The second-order valence-electron chi connectivity index (χ2n) is 7.28. The van der Waals surface area contributed by atoms with Crippen LogP contribution in [0.25, 0.3) is 0 Å². The van der Waals surface area contributed by atoms with E-state index < -0.39 is 0 Å². The molecule has 6 heteroatoms. The van der Waals surface area contributed by atoms with Crippen LogP contribution in [-0.2, 0) is 0 Å².